The molecule has 0 saturated carbocycles. The van der Waals surface area contributed by atoms with E-state index in [-0.39, 0.29) is 0 Å². The minimum Gasteiger partial charge on any atom is -0.436 e. The molecule has 0 atom stereocenters. The van der Waals surface area contributed by atoms with Crippen LogP contribution in [0.3, 0.4) is 0 Å². The molecule has 0 fully saturated rings. The van der Waals surface area contributed by atoms with E-state index in [1.165, 1.54) is 12.7 Å². The lowest BCUT2D eigenvalue weighted by Gasteiger charge is -2.07. The molecule has 0 bridgehead atoms. The van der Waals surface area contributed by atoms with Gasteiger partial charge in [-0.3, -0.25) is 0 Å². The van der Waals surface area contributed by atoms with Gasteiger partial charge < -0.3 is 4.42 Å². The van der Waals surface area contributed by atoms with Gasteiger partial charge >= 0.3 is 0 Å². The van der Waals surface area contributed by atoms with E-state index >= 15 is 0 Å². The van der Waals surface area contributed by atoms with Gasteiger partial charge in [0.15, 0.2) is 23.1 Å². The van der Waals surface area contributed by atoms with Crippen molar-refractivity contribution in [1.29, 1.82) is 0 Å². The third kappa shape index (κ3) is 3.68. The van der Waals surface area contributed by atoms with Crippen LogP contribution in [-0.2, 0) is 0 Å². The number of hydrogen-bond donors (Lipinski definition) is 0. The minimum absolute atomic E-state index is 0.430. The van der Waals surface area contributed by atoms with Gasteiger partial charge in [0.25, 0.3) is 0 Å². The van der Waals surface area contributed by atoms with Crippen molar-refractivity contribution in [2.45, 2.75) is 0 Å². The average Bonchev–Trinajstić information content (AvgIpc) is 3.34. The molecule has 2 aromatic carbocycles. The molecule has 0 spiro atoms. The highest BCUT2D eigenvalue weighted by Gasteiger charge is 2.14. The van der Waals surface area contributed by atoms with E-state index in [9.17, 15) is 0 Å². The van der Waals surface area contributed by atoms with Crippen LogP contribution >= 0.6 is 0 Å². The van der Waals surface area contributed by atoms with Gasteiger partial charge in [0.1, 0.15) is 29.6 Å². The first-order chi connectivity index (χ1) is 16.3. The number of rotatable bonds is 4. The van der Waals surface area contributed by atoms with Gasteiger partial charge in [-0.15, -0.1) is 0 Å². The van der Waals surface area contributed by atoms with Crippen LogP contribution in [0.2, 0.25) is 0 Å². The van der Waals surface area contributed by atoms with Crippen LogP contribution in [0.1, 0.15) is 0 Å². The zero-order valence-corrected chi connectivity index (χ0v) is 17.1. The van der Waals surface area contributed by atoms with Gasteiger partial charge in [0.2, 0.25) is 5.89 Å². The molecule has 0 amide bonds. The van der Waals surface area contributed by atoms with Crippen molar-refractivity contribution in [1.82, 2.24) is 39.9 Å². The van der Waals surface area contributed by atoms with Gasteiger partial charge in [-0.05, 0) is 36.4 Å². The van der Waals surface area contributed by atoms with E-state index in [0.29, 0.717) is 34.8 Å². The predicted octanol–water partition coefficient (Wildman–Crippen LogP) is 4.26. The van der Waals surface area contributed by atoms with Crippen molar-refractivity contribution in [2.24, 2.45) is 0 Å². The highest BCUT2D eigenvalue weighted by Crippen LogP contribution is 2.27. The second-order valence-corrected chi connectivity index (χ2v) is 7.06. The SMILES string of the molecule is c1ccc2oc(-c3ccc(-c4nc(-c5ccncn5)nc(-c5ccncn5)n4)cc3)nc2c1. The molecule has 0 radical (unpaired) electrons. The number of hydrogen-bond acceptors (Lipinski definition) is 9. The molecule has 0 aliphatic carbocycles. The second kappa shape index (κ2) is 7.97. The maximum absolute atomic E-state index is 5.87. The van der Waals surface area contributed by atoms with E-state index in [2.05, 4.69) is 39.9 Å². The van der Waals surface area contributed by atoms with Crippen LogP contribution in [0, 0.1) is 0 Å². The molecular weight excluding hydrogens is 416 g/mol. The Kier molecular flexibility index (Phi) is 4.54. The molecule has 0 unspecified atom stereocenters. The predicted molar refractivity (Wildman–Crippen MR) is 120 cm³/mol. The Labute approximate surface area is 187 Å². The van der Waals surface area contributed by atoms with Gasteiger partial charge in [-0.25, -0.2) is 39.9 Å². The average molecular weight is 430 g/mol. The number of oxazole rings is 1. The van der Waals surface area contributed by atoms with Crippen molar-refractivity contribution in [2.75, 3.05) is 0 Å². The minimum atomic E-state index is 0.430. The van der Waals surface area contributed by atoms with Crippen LogP contribution in [0.15, 0.2) is 90.1 Å². The number of benzene rings is 2. The maximum Gasteiger partial charge on any atom is 0.227 e. The Morgan fingerprint density at radius 1 is 0.545 bits per heavy atom. The normalized spacial score (nSPS) is 11.0. The summed E-state index contributed by atoms with van der Waals surface area (Å²) in [5.41, 5.74) is 4.41. The third-order valence-corrected chi connectivity index (χ3v) is 4.94. The molecule has 0 saturated heterocycles. The van der Waals surface area contributed by atoms with Crippen LogP contribution in [0.4, 0.5) is 0 Å². The molecule has 33 heavy (non-hydrogen) atoms. The van der Waals surface area contributed by atoms with Crippen molar-refractivity contribution >= 4 is 11.1 Å². The molecule has 4 aromatic heterocycles. The molecule has 0 aliphatic rings. The van der Waals surface area contributed by atoms with Crippen molar-refractivity contribution in [3.05, 3.63) is 85.7 Å². The second-order valence-electron chi connectivity index (χ2n) is 7.06. The van der Waals surface area contributed by atoms with Crippen LogP contribution in [0.25, 0.3) is 57.0 Å². The molecule has 0 aliphatic heterocycles. The van der Waals surface area contributed by atoms with E-state index in [0.717, 1.165) is 22.2 Å². The van der Waals surface area contributed by atoms with Gasteiger partial charge in [-0.2, -0.15) is 0 Å². The van der Waals surface area contributed by atoms with Gasteiger partial charge in [0.05, 0.1) is 0 Å². The molecule has 0 N–H and O–H groups in total. The molecular formula is C24H14N8O. The topological polar surface area (TPSA) is 116 Å². The highest BCUT2D eigenvalue weighted by molar-refractivity contribution is 5.76. The molecule has 4 heterocycles. The lowest BCUT2D eigenvalue weighted by molar-refractivity contribution is 0.620. The lowest BCUT2D eigenvalue weighted by atomic mass is 10.1. The Balaban J connectivity index is 1.43. The van der Waals surface area contributed by atoms with Crippen molar-refractivity contribution in [3.8, 4) is 45.9 Å². The largest absolute Gasteiger partial charge is 0.436 e. The summed E-state index contributed by atoms with van der Waals surface area (Å²) < 4.78 is 5.87. The fraction of sp³-hybridized carbons (Fsp3) is 0. The van der Waals surface area contributed by atoms with Crippen LogP contribution < -0.4 is 0 Å². The van der Waals surface area contributed by atoms with Gasteiger partial charge in [0, 0.05) is 23.5 Å². The highest BCUT2D eigenvalue weighted by atomic mass is 16.3. The zero-order chi connectivity index (χ0) is 22.0. The smallest absolute Gasteiger partial charge is 0.227 e. The van der Waals surface area contributed by atoms with Crippen LogP contribution in [-0.4, -0.2) is 39.9 Å². The standard InChI is InChI=1S/C24H14N8O/c1-2-4-20-17(3-1)29-24(33-20)16-7-5-15(6-8-16)21-30-22(18-9-11-25-13-27-18)32-23(31-21)19-10-12-26-14-28-19/h1-14H. The summed E-state index contributed by atoms with van der Waals surface area (Å²) in [6.07, 6.45) is 6.20. The maximum atomic E-state index is 5.87. The Morgan fingerprint density at radius 2 is 1.15 bits per heavy atom. The Morgan fingerprint density at radius 3 is 1.76 bits per heavy atom. The number of fused-ring (bicyclic) bond motifs is 1. The van der Waals surface area contributed by atoms with E-state index in [4.69, 9.17) is 4.42 Å². The van der Waals surface area contributed by atoms with Crippen molar-refractivity contribution < 1.29 is 4.42 Å². The first kappa shape index (κ1) is 18.8. The molecule has 6 aromatic rings. The Hall–Kier alpha value is -4.92. The molecule has 9 heteroatoms. The third-order valence-electron chi connectivity index (χ3n) is 4.94. The first-order valence-corrected chi connectivity index (χ1v) is 10.1. The monoisotopic (exact) mass is 430 g/mol. The summed E-state index contributed by atoms with van der Waals surface area (Å²) in [7, 11) is 0. The van der Waals surface area contributed by atoms with E-state index in [1.54, 1.807) is 24.5 Å². The quantitative estimate of drug-likeness (QED) is 0.404. The summed E-state index contributed by atoms with van der Waals surface area (Å²) in [5, 5.41) is 0. The first-order valence-electron chi connectivity index (χ1n) is 10.1. The molecule has 156 valence electrons. The molecule has 6 rings (SSSR count). The van der Waals surface area contributed by atoms with E-state index in [1.807, 2.05) is 48.5 Å². The van der Waals surface area contributed by atoms with Crippen LogP contribution in [0.5, 0.6) is 0 Å². The fourth-order valence-electron chi connectivity index (χ4n) is 3.34. The summed E-state index contributed by atoms with van der Waals surface area (Å²) in [6.45, 7) is 0. The Bertz CT molecular complexity index is 1460. The van der Waals surface area contributed by atoms with Gasteiger partial charge in [-0.1, -0.05) is 24.3 Å². The summed E-state index contributed by atoms with van der Waals surface area (Å²) in [5.74, 6) is 1.91. The number of para-hydroxylation sites is 2. The number of nitrogens with zero attached hydrogens (tertiary/aromatic N) is 8. The summed E-state index contributed by atoms with van der Waals surface area (Å²) in [4.78, 5) is 34.9. The number of aromatic nitrogens is 8. The summed E-state index contributed by atoms with van der Waals surface area (Å²) in [6, 6.07) is 18.9. The van der Waals surface area contributed by atoms with Crippen molar-refractivity contribution in [3.63, 3.8) is 0 Å². The lowest BCUT2D eigenvalue weighted by Crippen LogP contribution is -2.02. The summed E-state index contributed by atoms with van der Waals surface area (Å²) >= 11 is 0. The fourth-order valence-corrected chi connectivity index (χ4v) is 3.34. The molecule has 9 nitrogen and oxygen atoms in total. The van der Waals surface area contributed by atoms with E-state index < -0.39 is 0 Å². The zero-order valence-electron chi connectivity index (χ0n) is 17.1.